The highest BCUT2D eigenvalue weighted by Crippen LogP contribution is 2.47. The van der Waals surface area contributed by atoms with E-state index in [1.165, 1.54) is 21.6 Å². The minimum Gasteiger partial charge on any atom is -0.462 e. The predicted molar refractivity (Wildman–Crippen MR) is 146 cm³/mol. The molecule has 2 heterocycles. The van der Waals surface area contributed by atoms with Crippen molar-refractivity contribution in [1.29, 1.82) is 0 Å². The lowest BCUT2D eigenvalue weighted by Crippen LogP contribution is -2.56. The summed E-state index contributed by atoms with van der Waals surface area (Å²) in [4.78, 5) is 56.7. The number of hydrogen-bond acceptors (Lipinski definition) is 10. The number of aliphatic hydroxyl groups excluding tert-OH is 1. The molecular weight excluding hydrogens is 530 g/mol. The number of amides is 2. The molecule has 1 aromatic rings. The number of benzene rings is 1. The Balaban J connectivity index is 1.78. The van der Waals surface area contributed by atoms with Crippen LogP contribution in [0.4, 0.5) is 5.69 Å². The maximum Gasteiger partial charge on any atom is 0.326 e. The Labute approximate surface area is 231 Å². The number of hydrogen-bond donors (Lipinski definition) is 1. The number of carbonyl (C=O) groups is 4. The number of ether oxygens (including phenoxy) is 2. The Morgan fingerprint density at radius 1 is 1.00 bits per heavy atom. The molecule has 206 valence electrons. The number of rotatable bonds is 10. The lowest BCUT2D eigenvalue weighted by atomic mass is 9.91. The number of aliphatic hydroxyl groups is 1. The number of para-hydroxylation sites is 1. The highest BCUT2D eigenvalue weighted by atomic mass is 32.2. The van der Waals surface area contributed by atoms with E-state index in [0.29, 0.717) is 17.1 Å². The van der Waals surface area contributed by atoms with Gasteiger partial charge in [0.1, 0.15) is 31.4 Å². The Kier molecular flexibility index (Phi) is 9.55. The van der Waals surface area contributed by atoms with Gasteiger partial charge >= 0.3 is 11.9 Å². The zero-order valence-electron chi connectivity index (χ0n) is 22.2. The Morgan fingerprint density at radius 2 is 1.58 bits per heavy atom. The fourth-order valence-electron chi connectivity index (χ4n) is 3.72. The van der Waals surface area contributed by atoms with Crippen LogP contribution in [-0.2, 0) is 28.7 Å². The molecule has 0 aliphatic carbocycles. The average molecular weight is 564 g/mol. The van der Waals surface area contributed by atoms with Crippen molar-refractivity contribution in [3.05, 3.63) is 34.9 Å². The summed E-state index contributed by atoms with van der Waals surface area (Å²) in [6.45, 7) is 8.47. The molecule has 0 spiro atoms. The minimum atomic E-state index is -1.20. The number of esters is 2. The molecule has 1 N–H and O–H groups in total. The zero-order valence-corrected chi connectivity index (χ0v) is 23.8. The van der Waals surface area contributed by atoms with E-state index in [9.17, 15) is 24.3 Å². The summed E-state index contributed by atoms with van der Waals surface area (Å²) in [7, 11) is 0. The van der Waals surface area contributed by atoms with Gasteiger partial charge in [0.15, 0.2) is 5.11 Å². The van der Waals surface area contributed by atoms with Crippen molar-refractivity contribution in [3.63, 3.8) is 0 Å². The standard InChI is InChI=1S/C26H33N3O7S2/c1-6-26(4,5)24(34)36-15-16(30)14-35-19(31)13-29-17-11-9-10-12-18(17)38-23(29)20-21(32)27(7-2)25(37)28(8-3)22(20)33/h9-12,16,30H,6-8,13-15H2,1-5H3. The first-order valence-electron chi connectivity index (χ1n) is 12.4. The average Bonchev–Trinajstić information content (AvgIpc) is 3.24. The van der Waals surface area contributed by atoms with E-state index >= 15 is 0 Å². The second-order valence-electron chi connectivity index (χ2n) is 9.39. The maximum absolute atomic E-state index is 13.3. The van der Waals surface area contributed by atoms with Crippen LogP contribution in [0, 0.1) is 5.41 Å². The van der Waals surface area contributed by atoms with Crippen LogP contribution >= 0.6 is 24.0 Å². The van der Waals surface area contributed by atoms with E-state index in [2.05, 4.69) is 0 Å². The number of thiocarbonyl (C=S) groups is 1. The van der Waals surface area contributed by atoms with Gasteiger partial charge in [-0.2, -0.15) is 0 Å². The van der Waals surface area contributed by atoms with Gasteiger partial charge in [-0.25, -0.2) is 0 Å². The summed E-state index contributed by atoms with van der Waals surface area (Å²) >= 11 is 6.58. The summed E-state index contributed by atoms with van der Waals surface area (Å²) in [6.07, 6.45) is -0.625. The van der Waals surface area contributed by atoms with Gasteiger partial charge in [0.2, 0.25) is 0 Å². The molecule has 1 fully saturated rings. The largest absolute Gasteiger partial charge is 0.462 e. The van der Waals surface area contributed by atoms with Crippen molar-refractivity contribution in [2.75, 3.05) is 37.7 Å². The molecule has 1 aromatic carbocycles. The van der Waals surface area contributed by atoms with Crippen molar-refractivity contribution in [2.24, 2.45) is 5.41 Å². The third-order valence-corrected chi connectivity index (χ3v) is 8.02. The number of thioether (sulfide) groups is 1. The SMILES string of the molecule is CCN1C(=O)C(=C2Sc3ccccc3N2CC(=O)OCC(O)COC(=O)C(C)(C)CC)C(=O)N(CC)C1=S. The third-order valence-electron chi connectivity index (χ3n) is 6.40. The molecule has 1 saturated heterocycles. The number of carbonyl (C=O) groups excluding carboxylic acids is 4. The van der Waals surface area contributed by atoms with Gasteiger partial charge < -0.3 is 19.5 Å². The second kappa shape index (κ2) is 12.3. The van der Waals surface area contributed by atoms with E-state index in [-0.39, 0.29) is 43.5 Å². The summed E-state index contributed by atoms with van der Waals surface area (Å²) in [5, 5.41) is 10.6. The van der Waals surface area contributed by atoms with Crippen molar-refractivity contribution < 1.29 is 33.8 Å². The van der Waals surface area contributed by atoms with Crippen molar-refractivity contribution in [1.82, 2.24) is 9.80 Å². The van der Waals surface area contributed by atoms with Gasteiger partial charge in [-0.05, 0) is 58.5 Å². The highest BCUT2D eigenvalue weighted by molar-refractivity contribution is 8.03. The molecule has 10 nitrogen and oxygen atoms in total. The van der Waals surface area contributed by atoms with Crippen LogP contribution in [0.25, 0.3) is 0 Å². The molecule has 0 radical (unpaired) electrons. The third kappa shape index (κ3) is 6.02. The fourth-order valence-corrected chi connectivity index (χ4v) is 5.33. The molecule has 0 bridgehead atoms. The molecule has 12 heteroatoms. The van der Waals surface area contributed by atoms with Crippen LogP contribution in [0.5, 0.6) is 0 Å². The molecule has 1 atom stereocenters. The van der Waals surface area contributed by atoms with Gasteiger partial charge in [0, 0.05) is 18.0 Å². The van der Waals surface area contributed by atoms with Crippen molar-refractivity contribution in [2.45, 2.75) is 52.0 Å². The molecule has 3 rings (SSSR count). The topological polar surface area (TPSA) is 117 Å². The molecule has 2 amide bonds. The smallest absolute Gasteiger partial charge is 0.326 e. The molecular formula is C26H33N3O7S2. The van der Waals surface area contributed by atoms with E-state index < -0.39 is 35.3 Å². The highest BCUT2D eigenvalue weighted by Gasteiger charge is 2.43. The Morgan fingerprint density at radius 3 is 2.16 bits per heavy atom. The van der Waals surface area contributed by atoms with E-state index in [4.69, 9.17) is 21.7 Å². The Bertz CT molecular complexity index is 1140. The van der Waals surface area contributed by atoms with Crippen LogP contribution in [0.15, 0.2) is 39.8 Å². The molecule has 38 heavy (non-hydrogen) atoms. The van der Waals surface area contributed by atoms with E-state index in [1.54, 1.807) is 44.7 Å². The van der Waals surface area contributed by atoms with Gasteiger partial charge in [-0.1, -0.05) is 30.8 Å². The molecule has 2 aliphatic heterocycles. The molecule has 2 aliphatic rings. The van der Waals surface area contributed by atoms with Crippen LogP contribution in [0.1, 0.15) is 41.0 Å². The number of nitrogens with zero attached hydrogens (tertiary/aromatic N) is 3. The quantitative estimate of drug-likeness (QED) is 0.197. The van der Waals surface area contributed by atoms with E-state index in [1.807, 2.05) is 19.1 Å². The Hall–Kier alpha value is -2.96. The van der Waals surface area contributed by atoms with Gasteiger partial charge in [0.05, 0.1) is 16.1 Å². The zero-order chi connectivity index (χ0) is 28.2. The number of fused-ring (bicyclic) bond motifs is 1. The van der Waals surface area contributed by atoms with Crippen molar-refractivity contribution in [3.8, 4) is 0 Å². The maximum atomic E-state index is 13.3. The van der Waals surface area contributed by atoms with Gasteiger partial charge in [0.25, 0.3) is 11.8 Å². The van der Waals surface area contributed by atoms with Crippen LogP contribution < -0.4 is 4.90 Å². The summed E-state index contributed by atoms with van der Waals surface area (Å²) in [5.41, 5.74) is -0.102. The summed E-state index contributed by atoms with van der Waals surface area (Å²) < 4.78 is 10.4. The lowest BCUT2D eigenvalue weighted by Gasteiger charge is -2.36. The molecule has 0 aromatic heterocycles. The van der Waals surface area contributed by atoms with Crippen LogP contribution in [0.2, 0.25) is 0 Å². The first-order chi connectivity index (χ1) is 18.0. The molecule has 1 unspecified atom stereocenters. The van der Waals surface area contributed by atoms with Gasteiger partial charge in [-0.15, -0.1) is 0 Å². The van der Waals surface area contributed by atoms with Gasteiger partial charge in [-0.3, -0.25) is 29.0 Å². The van der Waals surface area contributed by atoms with E-state index in [0.717, 1.165) is 4.90 Å². The predicted octanol–water partition coefficient (Wildman–Crippen LogP) is 2.69. The lowest BCUT2D eigenvalue weighted by molar-refractivity contribution is -0.159. The number of anilines is 1. The summed E-state index contributed by atoms with van der Waals surface area (Å²) in [5.74, 6) is -2.18. The van der Waals surface area contributed by atoms with Crippen molar-refractivity contribution >= 4 is 58.5 Å². The van der Waals surface area contributed by atoms with Crippen LogP contribution in [-0.4, -0.2) is 82.7 Å². The molecule has 0 saturated carbocycles. The normalized spacial score (nSPS) is 16.7. The fraction of sp³-hybridized carbons (Fsp3) is 0.500. The minimum absolute atomic E-state index is 0.0678. The first kappa shape index (κ1) is 29.6. The second-order valence-corrected chi connectivity index (χ2v) is 10.8. The van der Waals surface area contributed by atoms with Crippen LogP contribution in [0.3, 0.4) is 0 Å². The summed E-state index contributed by atoms with van der Waals surface area (Å²) in [6, 6.07) is 7.23. The number of likely N-dealkylation sites (N-methyl/N-ethyl adjacent to an activating group) is 2. The monoisotopic (exact) mass is 563 g/mol. The first-order valence-corrected chi connectivity index (χ1v) is 13.7.